The molecule has 3 atom stereocenters. The summed E-state index contributed by atoms with van der Waals surface area (Å²) in [5.74, 6) is 0.781. The molecule has 0 amide bonds. The van der Waals surface area contributed by atoms with E-state index >= 15 is 0 Å². The summed E-state index contributed by atoms with van der Waals surface area (Å²) in [5, 5.41) is 0. The molecule has 124 valence electrons. The van der Waals surface area contributed by atoms with Gasteiger partial charge in [0.2, 0.25) is 0 Å². The minimum atomic E-state index is 0.557. The Labute approximate surface area is 145 Å². The summed E-state index contributed by atoms with van der Waals surface area (Å²) < 4.78 is 0. The predicted octanol–water partition coefficient (Wildman–Crippen LogP) is 4.85. The van der Waals surface area contributed by atoms with Gasteiger partial charge in [0.1, 0.15) is 0 Å². The highest BCUT2D eigenvalue weighted by Crippen LogP contribution is 2.52. The molecule has 3 aliphatic heterocycles. The van der Waals surface area contributed by atoms with Crippen LogP contribution < -0.4 is 9.80 Å². The topological polar surface area (TPSA) is 6.48 Å². The lowest BCUT2D eigenvalue weighted by atomic mass is 9.81. The first-order valence-electron chi connectivity index (χ1n) is 9.43. The van der Waals surface area contributed by atoms with E-state index in [0.29, 0.717) is 6.04 Å². The number of hydrogen-bond donors (Lipinski definition) is 0. The second kappa shape index (κ2) is 5.27. The van der Waals surface area contributed by atoms with Crippen LogP contribution in [-0.2, 0) is 0 Å². The number of hydrogen-bond acceptors (Lipinski definition) is 2. The molecule has 2 nitrogen and oxygen atoms in total. The van der Waals surface area contributed by atoms with Crippen molar-refractivity contribution in [2.24, 2.45) is 5.92 Å². The smallest absolute Gasteiger partial charge is 0.0611 e. The highest BCUT2D eigenvalue weighted by atomic mass is 15.3. The molecule has 0 bridgehead atoms. The van der Waals surface area contributed by atoms with Gasteiger partial charge in [-0.15, -0.1) is 0 Å². The zero-order valence-corrected chi connectivity index (χ0v) is 14.7. The molecule has 2 aromatic carbocycles. The molecule has 3 heterocycles. The third-order valence-electron chi connectivity index (χ3n) is 6.41. The molecule has 3 unspecified atom stereocenters. The molecule has 2 fully saturated rings. The summed E-state index contributed by atoms with van der Waals surface area (Å²) in [6.07, 6.45) is 4.05. The fourth-order valence-electron chi connectivity index (χ4n) is 5.35. The Balaban J connectivity index is 1.63. The van der Waals surface area contributed by atoms with Crippen LogP contribution in [0.4, 0.5) is 11.4 Å². The Morgan fingerprint density at radius 3 is 2.46 bits per heavy atom. The van der Waals surface area contributed by atoms with E-state index in [1.165, 1.54) is 54.9 Å². The van der Waals surface area contributed by atoms with Crippen molar-refractivity contribution >= 4 is 11.4 Å². The normalized spacial score (nSPS) is 27.8. The van der Waals surface area contributed by atoms with Crippen LogP contribution in [-0.4, -0.2) is 19.1 Å². The van der Waals surface area contributed by atoms with Crippen molar-refractivity contribution in [1.82, 2.24) is 0 Å². The van der Waals surface area contributed by atoms with Crippen LogP contribution in [0.15, 0.2) is 42.5 Å². The molecule has 2 saturated heterocycles. The predicted molar refractivity (Wildman–Crippen MR) is 101 cm³/mol. The van der Waals surface area contributed by atoms with E-state index in [1.54, 1.807) is 5.56 Å². The Kier molecular flexibility index (Phi) is 3.16. The van der Waals surface area contributed by atoms with Gasteiger partial charge in [-0.2, -0.15) is 0 Å². The highest BCUT2D eigenvalue weighted by molar-refractivity contribution is 5.64. The number of nitrogens with zero attached hydrogens (tertiary/aromatic N) is 2. The third kappa shape index (κ3) is 2.02. The van der Waals surface area contributed by atoms with Crippen LogP contribution in [0, 0.1) is 19.8 Å². The molecule has 0 aromatic heterocycles. The number of benzene rings is 2. The highest BCUT2D eigenvalue weighted by Gasteiger charge is 2.48. The summed E-state index contributed by atoms with van der Waals surface area (Å²) in [6, 6.07) is 17.6. The quantitative estimate of drug-likeness (QED) is 0.741. The molecule has 0 saturated carbocycles. The van der Waals surface area contributed by atoms with Crippen LogP contribution in [0.3, 0.4) is 0 Å². The zero-order chi connectivity index (χ0) is 16.3. The van der Waals surface area contributed by atoms with Crippen LogP contribution in [0.2, 0.25) is 0 Å². The van der Waals surface area contributed by atoms with E-state index in [2.05, 4.69) is 66.1 Å². The molecule has 0 spiro atoms. The van der Waals surface area contributed by atoms with Gasteiger partial charge < -0.3 is 9.80 Å². The van der Waals surface area contributed by atoms with Gasteiger partial charge in [-0.25, -0.2) is 0 Å². The van der Waals surface area contributed by atoms with E-state index in [9.17, 15) is 0 Å². The fourth-order valence-corrected chi connectivity index (χ4v) is 5.35. The van der Waals surface area contributed by atoms with Crippen molar-refractivity contribution in [3.63, 3.8) is 0 Å². The lowest BCUT2D eigenvalue weighted by Crippen LogP contribution is -2.44. The van der Waals surface area contributed by atoms with Crippen molar-refractivity contribution in [2.45, 2.75) is 45.2 Å². The van der Waals surface area contributed by atoms with E-state index in [0.717, 1.165) is 12.0 Å². The van der Waals surface area contributed by atoms with Crippen molar-refractivity contribution in [2.75, 3.05) is 22.9 Å². The summed E-state index contributed by atoms with van der Waals surface area (Å²) in [5.41, 5.74) is 7.20. The van der Waals surface area contributed by atoms with Crippen LogP contribution >= 0.6 is 0 Å². The summed E-state index contributed by atoms with van der Waals surface area (Å²) in [7, 11) is 0. The van der Waals surface area contributed by atoms with Gasteiger partial charge in [-0.05, 0) is 56.9 Å². The number of fused-ring (bicyclic) bond motifs is 6. The Morgan fingerprint density at radius 2 is 1.62 bits per heavy atom. The van der Waals surface area contributed by atoms with E-state index in [1.807, 2.05) is 0 Å². The Bertz CT molecular complexity index is 764. The lowest BCUT2D eigenvalue weighted by molar-refractivity contribution is 0.373. The maximum Gasteiger partial charge on any atom is 0.0611 e. The van der Waals surface area contributed by atoms with Crippen LogP contribution in [0.5, 0.6) is 0 Å². The second-order valence-electron chi connectivity index (χ2n) is 7.89. The largest absolute Gasteiger partial charge is 0.368 e. The van der Waals surface area contributed by atoms with Crippen LogP contribution in [0.1, 0.15) is 42.0 Å². The number of anilines is 2. The molecular weight excluding hydrogens is 292 g/mol. The van der Waals surface area contributed by atoms with Crippen molar-refractivity contribution in [1.29, 1.82) is 0 Å². The Morgan fingerprint density at radius 1 is 0.833 bits per heavy atom. The maximum absolute atomic E-state index is 2.72. The van der Waals surface area contributed by atoms with Crippen LogP contribution in [0.25, 0.3) is 0 Å². The second-order valence-corrected chi connectivity index (χ2v) is 7.89. The molecule has 0 N–H and O–H groups in total. The molecule has 3 aliphatic rings. The Hall–Kier alpha value is -1.96. The minimum Gasteiger partial charge on any atom is -0.368 e. The van der Waals surface area contributed by atoms with Gasteiger partial charge in [0.05, 0.1) is 6.04 Å². The SMILES string of the molecule is Cc1ccc(N2CCC3C4CCCN4c4ccc(C)cc4C32)cc1. The standard InChI is InChI=1S/C22H26N2/c1-15-5-8-17(9-6-15)23-13-11-18-20-4-3-12-24(20)21-10-7-16(2)14-19(21)22(18)23/h5-10,14,18,20,22H,3-4,11-13H2,1-2H3. The molecule has 2 heteroatoms. The average Bonchev–Trinajstić information content (AvgIpc) is 3.22. The molecular formula is C22H26N2. The van der Waals surface area contributed by atoms with E-state index in [-0.39, 0.29) is 0 Å². The monoisotopic (exact) mass is 318 g/mol. The van der Waals surface area contributed by atoms with Gasteiger partial charge in [-0.1, -0.05) is 35.4 Å². The van der Waals surface area contributed by atoms with Crippen molar-refractivity contribution in [3.05, 3.63) is 59.2 Å². The van der Waals surface area contributed by atoms with E-state index < -0.39 is 0 Å². The van der Waals surface area contributed by atoms with Gasteiger partial charge in [0.25, 0.3) is 0 Å². The summed E-state index contributed by atoms with van der Waals surface area (Å²) in [4.78, 5) is 5.40. The zero-order valence-electron chi connectivity index (χ0n) is 14.7. The minimum absolute atomic E-state index is 0.557. The first-order valence-corrected chi connectivity index (χ1v) is 9.43. The fraction of sp³-hybridized carbons (Fsp3) is 0.455. The van der Waals surface area contributed by atoms with Gasteiger partial charge in [0, 0.05) is 36.4 Å². The lowest BCUT2D eigenvalue weighted by Gasteiger charge is -2.44. The molecule has 0 radical (unpaired) electrons. The van der Waals surface area contributed by atoms with E-state index in [4.69, 9.17) is 0 Å². The third-order valence-corrected chi connectivity index (χ3v) is 6.41. The first-order chi connectivity index (χ1) is 11.7. The molecule has 2 aromatic rings. The molecule has 5 rings (SSSR count). The molecule has 0 aliphatic carbocycles. The molecule has 24 heavy (non-hydrogen) atoms. The van der Waals surface area contributed by atoms with Gasteiger partial charge in [0.15, 0.2) is 0 Å². The van der Waals surface area contributed by atoms with Crippen molar-refractivity contribution in [3.8, 4) is 0 Å². The summed E-state index contributed by atoms with van der Waals surface area (Å²) >= 11 is 0. The number of rotatable bonds is 1. The number of aryl methyl sites for hydroxylation is 2. The van der Waals surface area contributed by atoms with Gasteiger partial charge >= 0.3 is 0 Å². The maximum atomic E-state index is 2.72. The summed E-state index contributed by atoms with van der Waals surface area (Å²) in [6.45, 7) is 6.84. The first kappa shape index (κ1) is 14.4. The average molecular weight is 318 g/mol. The van der Waals surface area contributed by atoms with Gasteiger partial charge in [-0.3, -0.25) is 0 Å². The van der Waals surface area contributed by atoms with Crippen molar-refractivity contribution < 1.29 is 0 Å².